The van der Waals surface area contributed by atoms with E-state index in [9.17, 15) is 14.4 Å². The molecule has 6 nitrogen and oxygen atoms in total. The van der Waals surface area contributed by atoms with Gasteiger partial charge in [-0.05, 0) is 82.5 Å². The quantitative estimate of drug-likeness (QED) is 0.462. The zero-order chi connectivity index (χ0) is 20.5. The van der Waals surface area contributed by atoms with E-state index in [1.165, 1.54) is 6.42 Å². The van der Waals surface area contributed by atoms with E-state index in [1.54, 1.807) is 13.8 Å². The number of esters is 3. The molecule has 0 aromatic carbocycles. The standard InChI is InChI=1S/C22H34O6/c1-5-21(3,4)20(25)27-12-18(23)26-13-19(24)28-22(6-2)16-8-14-7-15(10-16)11-17(22)9-14/h14-17H,5-13H2,1-4H3. The van der Waals surface area contributed by atoms with Crippen molar-refractivity contribution in [1.29, 1.82) is 0 Å². The highest BCUT2D eigenvalue weighted by atomic mass is 16.6. The van der Waals surface area contributed by atoms with Gasteiger partial charge in [-0.15, -0.1) is 0 Å². The Bertz CT molecular complexity index is 595. The number of ether oxygens (including phenoxy) is 3. The van der Waals surface area contributed by atoms with Crippen LogP contribution in [0.25, 0.3) is 0 Å². The monoisotopic (exact) mass is 394 g/mol. The van der Waals surface area contributed by atoms with Gasteiger partial charge in [-0.2, -0.15) is 0 Å². The molecule has 4 rings (SSSR count). The highest BCUT2D eigenvalue weighted by Crippen LogP contribution is 2.60. The van der Waals surface area contributed by atoms with Gasteiger partial charge in [-0.3, -0.25) is 4.79 Å². The molecule has 0 unspecified atom stereocenters. The summed E-state index contributed by atoms with van der Waals surface area (Å²) in [4.78, 5) is 36.2. The lowest BCUT2D eigenvalue weighted by Crippen LogP contribution is -2.59. The third kappa shape index (κ3) is 4.06. The second-order valence-corrected chi connectivity index (χ2v) is 9.56. The van der Waals surface area contributed by atoms with E-state index < -0.39 is 42.1 Å². The first-order valence-corrected chi connectivity index (χ1v) is 10.7. The van der Waals surface area contributed by atoms with E-state index in [0.717, 1.165) is 43.9 Å². The smallest absolute Gasteiger partial charge is 0.344 e. The molecule has 0 saturated heterocycles. The summed E-state index contributed by atoms with van der Waals surface area (Å²) in [5.74, 6) is 0.779. The lowest BCUT2D eigenvalue weighted by Gasteiger charge is -2.60. The van der Waals surface area contributed by atoms with Crippen LogP contribution in [0.3, 0.4) is 0 Å². The molecule has 6 heteroatoms. The average molecular weight is 395 g/mol. The zero-order valence-electron chi connectivity index (χ0n) is 17.6. The molecule has 0 spiro atoms. The number of hydrogen-bond donors (Lipinski definition) is 0. The summed E-state index contributed by atoms with van der Waals surface area (Å²) in [6.45, 7) is 6.57. The Labute approximate surface area is 167 Å². The second-order valence-electron chi connectivity index (χ2n) is 9.56. The third-order valence-corrected chi connectivity index (χ3v) is 7.49. The summed E-state index contributed by atoms with van der Waals surface area (Å²) < 4.78 is 16.0. The highest BCUT2D eigenvalue weighted by Gasteiger charge is 2.58. The first-order valence-electron chi connectivity index (χ1n) is 10.7. The Kier molecular flexibility index (Phi) is 6.06. The molecule has 0 aromatic heterocycles. The molecule has 0 N–H and O–H groups in total. The first kappa shape index (κ1) is 21.1. The second kappa shape index (κ2) is 8.03. The molecule has 0 amide bonds. The predicted molar refractivity (Wildman–Crippen MR) is 102 cm³/mol. The van der Waals surface area contributed by atoms with Crippen LogP contribution >= 0.6 is 0 Å². The van der Waals surface area contributed by atoms with Crippen molar-refractivity contribution in [2.24, 2.45) is 29.1 Å². The molecule has 4 saturated carbocycles. The van der Waals surface area contributed by atoms with Gasteiger partial charge in [0.15, 0.2) is 13.2 Å². The minimum absolute atomic E-state index is 0.394. The van der Waals surface area contributed by atoms with E-state index in [1.807, 2.05) is 6.92 Å². The lowest BCUT2D eigenvalue weighted by atomic mass is 9.49. The van der Waals surface area contributed by atoms with E-state index in [2.05, 4.69) is 6.92 Å². The molecule has 0 radical (unpaired) electrons. The van der Waals surface area contributed by atoms with Crippen molar-refractivity contribution in [1.82, 2.24) is 0 Å². The Hall–Kier alpha value is -1.59. The van der Waals surface area contributed by atoms with Crippen molar-refractivity contribution in [2.75, 3.05) is 13.2 Å². The fourth-order valence-electron chi connectivity index (χ4n) is 5.68. The molecule has 0 heterocycles. The molecule has 0 aliphatic heterocycles. The van der Waals surface area contributed by atoms with Crippen molar-refractivity contribution in [3.8, 4) is 0 Å². The predicted octanol–water partition coefficient (Wildman–Crippen LogP) is 3.66. The normalized spacial score (nSPS) is 33.4. The van der Waals surface area contributed by atoms with Crippen LogP contribution < -0.4 is 0 Å². The van der Waals surface area contributed by atoms with Gasteiger partial charge in [-0.1, -0.05) is 13.8 Å². The molecule has 158 valence electrons. The molecule has 28 heavy (non-hydrogen) atoms. The Morgan fingerprint density at radius 3 is 1.89 bits per heavy atom. The van der Waals surface area contributed by atoms with Gasteiger partial charge in [0, 0.05) is 0 Å². The lowest BCUT2D eigenvalue weighted by molar-refractivity contribution is -0.214. The SMILES string of the molecule is CCC(C)(C)C(=O)OCC(=O)OCC(=O)OC1(CC)C2CC3CC(C2)CC1C3. The van der Waals surface area contributed by atoms with Gasteiger partial charge in [0.05, 0.1) is 5.41 Å². The Morgan fingerprint density at radius 2 is 1.39 bits per heavy atom. The average Bonchev–Trinajstić information content (AvgIpc) is 2.66. The number of hydrogen-bond acceptors (Lipinski definition) is 6. The van der Waals surface area contributed by atoms with Gasteiger partial charge in [0.25, 0.3) is 0 Å². The maximum atomic E-state index is 12.4. The van der Waals surface area contributed by atoms with Gasteiger partial charge in [0.1, 0.15) is 5.60 Å². The van der Waals surface area contributed by atoms with Crippen LogP contribution in [-0.4, -0.2) is 36.7 Å². The molecular formula is C22H34O6. The zero-order valence-corrected chi connectivity index (χ0v) is 17.6. The van der Waals surface area contributed by atoms with Crippen molar-refractivity contribution < 1.29 is 28.6 Å². The number of carbonyl (C=O) groups excluding carboxylic acids is 3. The molecule has 4 aliphatic rings. The van der Waals surface area contributed by atoms with Crippen LogP contribution in [-0.2, 0) is 28.6 Å². The number of carbonyl (C=O) groups is 3. The fraction of sp³-hybridized carbons (Fsp3) is 0.864. The van der Waals surface area contributed by atoms with Gasteiger partial charge >= 0.3 is 17.9 Å². The highest BCUT2D eigenvalue weighted by molar-refractivity contribution is 5.81. The molecule has 0 atom stereocenters. The van der Waals surface area contributed by atoms with Crippen molar-refractivity contribution >= 4 is 17.9 Å². The van der Waals surface area contributed by atoms with E-state index in [4.69, 9.17) is 14.2 Å². The van der Waals surface area contributed by atoms with Gasteiger partial charge in [0.2, 0.25) is 0 Å². The molecular weight excluding hydrogens is 360 g/mol. The summed E-state index contributed by atoms with van der Waals surface area (Å²) in [6, 6.07) is 0. The van der Waals surface area contributed by atoms with Crippen LogP contribution in [0.15, 0.2) is 0 Å². The molecule has 4 aliphatic carbocycles. The van der Waals surface area contributed by atoms with Crippen molar-refractivity contribution in [2.45, 2.75) is 78.2 Å². The largest absolute Gasteiger partial charge is 0.456 e. The van der Waals surface area contributed by atoms with Crippen LogP contribution in [0, 0.1) is 29.1 Å². The summed E-state index contributed by atoms with van der Waals surface area (Å²) in [6.07, 6.45) is 7.36. The molecule has 4 bridgehead atoms. The molecule has 0 aromatic rings. The maximum absolute atomic E-state index is 12.4. The minimum Gasteiger partial charge on any atom is -0.456 e. The first-order chi connectivity index (χ1) is 13.2. The maximum Gasteiger partial charge on any atom is 0.344 e. The summed E-state index contributed by atoms with van der Waals surface area (Å²) >= 11 is 0. The van der Waals surface area contributed by atoms with Gasteiger partial charge in [-0.25, -0.2) is 9.59 Å². The summed E-state index contributed by atoms with van der Waals surface area (Å²) in [7, 11) is 0. The van der Waals surface area contributed by atoms with Crippen molar-refractivity contribution in [3.05, 3.63) is 0 Å². The summed E-state index contributed by atoms with van der Waals surface area (Å²) in [5, 5.41) is 0. The van der Waals surface area contributed by atoms with Crippen LogP contribution in [0.2, 0.25) is 0 Å². The third-order valence-electron chi connectivity index (χ3n) is 7.49. The van der Waals surface area contributed by atoms with E-state index in [-0.39, 0.29) is 0 Å². The van der Waals surface area contributed by atoms with Crippen LogP contribution in [0.1, 0.15) is 72.6 Å². The fourth-order valence-corrected chi connectivity index (χ4v) is 5.68. The molecule has 4 fully saturated rings. The van der Waals surface area contributed by atoms with E-state index >= 15 is 0 Å². The van der Waals surface area contributed by atoms with E-state index in [0.29, 0.717) is 18.3 Å². The summed E-state index contributed by atoms with van der Waals surface area (Å²) in [5.41, 5.74) is -1.04. The minimum atomic E-state index is -0.729. The van der Waals surface area contributed by atoms with Crippen molar-refractivity contribution in [3.63, 3.8) is 0 Å². The topological polar surface area (TPSA) is 78.9 Å². The van der Waals surface area contributed by atoms with Crippen LogP contribution in [0.4, 0.5) is 0 Å². The number of rotatable bonds is 8. The Morgan fingerprint density at radius 1 is 0.857 bits per heavy atom. The van der Waals surface area contributed by atoms with Crippen LogP contribution in [0.5, 0.6) is 0 Å². The van der Waals surface area contributed by atoms with Gasteiger partial charge < -0.3 is 14.2 Å². The Balaban J connectivity index is 1.47.